The molecule has 0 atom stereocenters. The van der Waals surface area contributed by atoms with Crippen LogP contribution in [-0.4, -0.2) is 16.5 Å². The Morgan fingerprint density at radius 2 is 2.00 bits per heavy atom. The van der Waals surface area contributed by atoms with Gasteiger partial charge in [0.15, 0.2) is 5.17 Å². The summed E-state index contributed by atoms with van der Waals surface area (Å²) in [5.74, 6) is 1.15. The van der Waals surface area contributed by atoms with Gasteiger partial charge in [-0.1, -0.05) is 30.7 Å². The van der Waals surface area contributed by atoms with E-state index in [9.17, 15) is 0 Å². The highest BCUT2D eigenvalue weighted by Gasteiger charge is 2.38. The van der Waals surface area contributed by atoms with Gasteiger partial charge in [0.1, 0.15) is 0 Å². The third-order valence-electron chi connectivity index (χ3n) is 4.01. The normalized spacial score (nSPS) is 20.9. The number of benzene rings is 1. The average molecular weight is 339 g/mol. The molecule has 1 N–H and O–H groups in total. The van der Waals surface area contributed by atoms with Crippen LogP contribution in [-0.2, 0) is 0 Å². The van der Waals surface area contributed by atoms with Gasteiger partial charge in [-0.05, 0) is 59.8 Å². The number of nitrogens with zero attached hydrogens (tertiary/aromatic N) is 1. The van der Waals surface area contributed by atoms with Crippen LogP contribution in [0.1, 0.15) is 36.8 Å². The van der Waals surface area contributed by atoms with Crippen molar-refractivity contribution in [1.29, 1.82) is 0 Å². The van der Waals surface area contributed by atoms with E-state index in [-0.39, 0.29) is 5.54 Å². The molecule has 0 radical (unpaired) electrons. The van der Waals surface area contributed by atoms with E-state index >= 15 is 0 Å². The molecule has 1 aromatic carbocycles. The highest BCUT2D eigenvalue weighted by atomic mass is 79.9. The monoisotopic (exact) mass is 338 g/mol. The van der Waals surface area contributed by atoms with E-state index in [1.165, 1.54) is 36.8 Å². The standard InChI is InChI=1S/C15H19BrN2S/c1-10-7-11(2)13(12(16)8-10)17-14-18-15(9-19-14)5-3-4-6-15/h7-8H,3-6,9H2,1-2H3,(H,17,18). The summed E-state index contributed by atoms with van der Waals surface area (Å²) >= 11 is 5.53. The van der Waals surface area contributed by atoms with E-state index in [0.717, 1.165) is 21.1 Å². The number of nitrogens with one attached hydrogen (secondary N) is 1. The van der Waals surface area contributed by atoms with Crippen LogP contribution in [0.15, 0.2) is 21.6 Å². The Morgan fingerprint density at radius 3 is 2.68 bits per heavy atom. The fourth-order valence-corrected chi connectivity index (χ4v) is 4.98. The summed E-state index contributed by atoms with van der Waals surface area (Å²) in [5.41, 5.74) is 3.95. The second kappa shape index (κ2) is 5.13. The molecule has 1 aliphatic heterocycles. The van der Waals surface area contributed by atoms with Gasteiger partial charge >= 0.3 is 0 Å². The minimum Gasteiger partial charge on any atom is -0.334 e. The number of aryl methyl sites for hydroxylation is 2. The third-order valence-corrected chi connectivity index (χ3v) is 5.79. The van der Waals surface area contributed by atoms with Crippen molar-refractivity contribution in [3.8, 4) is 0 Å². The van der Waals surface area contributed by atoms with Crippen molar-refractivity contribution in [2.75, 3.05) is 11.1 Å². The van der Waals surface area contributed by atoms with Gasteiger partial charge in [-0.25, -0.2) is 0 Å². The van der Waals surface area contributed by atoms with E-state index < -0.39 is 0 Å². The van der Waals surface area contributed by atoms with Gasteiger partial charge in [0, 0.05) is 10.2 Å². The number of rotatable bonds is 1. The van der Waals surface area contributed by atoms with Crippen LogP contribution < -0.4 is 5.32 Å². The summed E-state index contributed by atoms with van der Waals surface area (Å²) < 4.78 is 1.13. The number of hydrogen-bond donors (Lipinski definition) is 1. The van der Waals surface area contributed by atoms with Crippen molar-refractivity contribution in [1.82, 2.24) is 0 Å². The second-order valence-electron chi connectivity index (χ2n) is 5.70. The largest absolute Gasteiger partial charge is 0.334 e. The maximum absolute atomic E-state index is 4.97. The SMILES string of the molecule is Cc1cc(C)c(NC2=NC3(CCCC3)CS2)c(Br)c1. The van der Waals surface area contributed by atoms with Crippen molar-refractivity contribution in [2.24, 2.45) is 4.99 Å². The molecule has 4 heteroatoms. The quantitative estimate of drug-likeness (QED) is 0.787. The van der Waals surface area contributed by atoms with Gasteiger partial charge in [0.2, 0.25) is 0 Å². The lowest BCUT2D eigenvalue weighted by atomic mass is 10.0. The molecular formula is C15H19BrN2S. The van der Waals surface area contributed by atoms with Crippen LogP contribution in [0.2, 0.25) is 0 Å². The number of hydrogen-bond acceptors (Lipinski definition) is 3. The zero-order valence-corrected chi connectivity index (χ0v) is 13.8. The lowest BCUT2D eigenvalue weighted by Crippen LogP contribution is -2.21. The van der Waals surface area contributed by atoms with Gasteiger partial charge < -0.3 is 5.32 Å². The zero-order chi connectivity index (χ0) is 13.5. The first-order valence-electron chi connectivity index (χ1n) is 6.84. The Labute approximate surface area is 127 Å². The van der Waals surface area contributed by atoms with Crippen LogP contribution in [0.4, 0.5) is 5.69 Å². The van der Waals surface area contributed by atoms with Gasteiger partial charge in [-0.2, -0.15) is 0 Å². The van der Waals surface area contributed by atoms with Gasteiger partial charge in [0.25, 0.3) is 0 Å². The van der Waals surface area contributed by atoms with Crippen molar-refractivity contribution in [3.05, 3.63) is 27.7 Å². The van der Waals surface area contributed by atoms with Gasteiger partial charge in [-0.15, -0.1) is 0 Å². The maximum atomic E-state index is 4.97. The highest BCUT2D eigenvalue weighted by Crippen LogP contribution is 2.41. The van der Waals surface area contributed by atoms with E-state index in [1.807, 2.05) is 11.8 Å². The molecule has 1 aliphatic carbocycles. The van der Waals surface area contributed by atoms with Crippen LogP contribution in [0.25, 0.3) is 0 Å². The van der Waals surface area contributed by atoms with E-state index in [2.05, 4.69) is 47.2 Å². The second-order valence-corrected chi connectivity index (χ2v) is 7.52. The summed E-state index contributed by atoms with van der Waals surface area (Å²) in [5, 5.41) is 4.61. The summed E-state index contributed by atoms with van der Waals surface area (Å²) in [6, 6.07) is 4.36. The average Bonchev–Trinajstić information content (AvgIpc) is 2.95. The topological polar surface area (TPSA) is 24.4 Å². The first kappa shape index (κ1) is 13.5. The molecule has 102 valence electrons. The Hall–Kier alpha value is -0.480. The first-order chi connectivity index (χ1) is 9.08. The fourth-order valence-electron chi connectivity index (χ4n) is 3.02. The molecule has 0 aromatic heterocycles. The molecule has 2 aliphatic rings. The summed E-state index contributed by atoms with van der Waals surface area (Å²) in [6.45, 7) is 4.27. The zero-order valence-electron chi connectivity index (χ0n) is 11.4. The molecule has 0 saturated heterocycles. The minimum absolute atomic E-state index is 0.248. The molecule has 0 unspecified atom stereocenters. The summed E-state index contributed by atoms with van der Waals surface area (Å²) in [7, 11) is 0. The molecule has 3 rings (SSSR count). The molecule has 19 heavy (non-hydrogen) atoms. The first-order valence-corrected chi connectivity index (χ1v) is 8.62. The third kappa shape index (κ3) is 2.70. The van der Waals surface area contributed by atoms with Crippen molar-refractivity contribution in [2.45, 2.75) is 45.1 Å². The van der Waals surface area contributed by atoms with E-state index in [0.29, 0.717) is 0 Å². The van der Waals surface area contributed by atoms with Crippen LogP contribution in [0.5, 0.6) is 0 Å². The fraction of sp³-hybridized carbons (Fsp3) is 0.533. The Morgan fingerprint density at radius 1 is 1.26 bits per heavy atom. The van der Waals surface area contributed by atoms with Crippen molar-refractivity contribution in [3.63, 3.8) is 0 Å². The van der Waals surface area contributed by atoms with Gasteiger partial charge in [-0.3, -0.25) is 4.99 Å². The summed E-state index contributed by atoms with van der Waals surface area (Å²) in [4.78, 5) is 4.97. The lowest BCUT2D eigenvalue weighted by molar-refractivity contribution is 0.508. The van der Waals surface area contributed by atoms with Crippen LogP contribution >= 0.6 is 27.7 Å². The molecule has 2 nitrogen and oxygen atoms in total. The lowest BCUT2D eigenvalue weighted by Gasteiger charge is -2.16. The number of halogens is 1. The number of amidine groups is 1. The highest BCUT2D eigenvalue weighted by molar-refractivity contribution is 9.10. The van der Waals surface area contributed by atoms with Crippen LogP contribution in [0.3, 0.4) is 0 Å². The summed E-state index contributed by atoms with van der Waals surface area (Å²) in [6.07, 6.45) is 5.20. The number of aliphatic imine (C=N–C) groups is 1. The maximum Gasteiger partial charge on any atom is 0.161 e. The number of thioether (sulfide) groups is 1. The predicted molar refractivity (Wildman–Crippen MR) is 88.3 cm³/mol. The smallest absolute Gasteiger partial charge is 0.161 e. The molecule has 0 amide bonds. The van der Waals surface area contributed by atoms with Gasteiger partial charge in [0.05, 0.1) is 11.2 Å². The van der Waals surface area contributed by atoms with E-state index in [1.54, 1.807) is 0 Å². The number of anilines is 1. The predicted octanol–water partition coefficient (Wildman–Crippen LogP) is 4.89. The molecule has 1 heterocycles. The minimum atomic E-state index is 0.248. The van der Waals surface area contributed by atoms with E-state index in [4.69, 9.17) is 4.99 Å². The molecular weight excluding hydrogens is 320 g/mol. The molecule has 0 bridgehead atoms. The molecule has 1 fully saturated rings. The van der Waals surface area contributed by atoms with Crippen molar-refractivity contribution >= 4 is 38.5 Å². The Kier molecular flexibility index (Phi) is 3.65. The van der Waals surface area contributed by atoms with Crippen molar-refractivity contribution < 1.29 is 0 Å². The molecule has 1 aromatic rings. The van der Waals surface area contributed by atoms with Crippen LogP contribution in [0, 0.1) is 13.8 Å². The Bertz CT molecular complexity index is 510. The Balaban J connectivity index is 1.83. The molecule has 1 saturated carbocycles. The molecule has 1 spiro atoms.